The number of aryl methyl sites for hydroxylation is 1. The number of aromatic hydroxyl groups is 1. The van der Waals surface area contributed by atoms with Crippen molar-refractivity contribution in [2.75, 3.05) is 13.2 Å². The van der Waals surface area contributed by atoms with Crippen LogP contribution in [0, 0.1) is 5.82 Å². The number of phenolic OH excluding ortho intramolecular Hbond substituents is 1. The molecule has 0 unspecified atom stereocenters. The molecule has 1 rings (SSSR count). The molecule has 132 valence electrons. The van der Waals surface area contributed by atoms with E-state index in [9.17, 15) is 9.50 Å². The van der Waals surface area contributed by atoms with Crippen molar-refractivity contribution >= 4 is 19.9 Å². The second-order valence-corrected chi connectivity index (χ2v) is 12.5. The molecule has 0 aliphatic heterocycles. The molecule has 0 saturated carbocycles. The Morgan fingerprint density at radius 2 is 1.96 bits per heavy atom. The van der Waals surface area contributed by atoms with Crippen LogP contribution in [0.2, 0.25) is 23.2 Å². The highest BCUT2D eigenvalue weighted by Crippen LogP contribution is 2.36. The highest BCUT2D eigenvalue weighted by molar-refractivity contribution is 6.74. The Kier molecular flexibility index (Phi) is 7.07. The van der Waals surface area contributed by atoms with E-state index in [0.717, 1.165) is 0 Å². The molecule has 23 heavy (non-hydrogen) atoms. The van der Waals surface area contributed by atoms with E-state index in [-0.39, 0.29) is 15.8 Å². The summed E-state index contributed by atoms with van der Waals surface area (Å²) in [6.07, 6.45) is 0.493. The number of halogens is 2. The largest absolute Gasteiger partial charge is 0.508 e. The fourth-order valence-electron chi connectivity index (χ4n) is 1.94. The summed E-state index contributed by atoms with van der Waals surface area (Å²) >= 11 is 6.03. The van der Waals surface area contributed by atoms with Gasteiger partial charge in [0.05, 0.1) is 5.02 Å². The highest BCUT2D eigenvalue weighted by Gasteiger charge is 2.36. The lowest BCUT2D eigenvalue weighted by atomic mass is 10.1. The van der Waals surface area contributed by atoms with E-state index in [1.807, 2.05) is 6.92 Å². The molecule has 2 N–H and O–H groups in total. The zero-order valence-electron chi connectivity index (χ0n) is 15.0. The molecule has 1 aromatic rings. The van der Waals surface area contributed by atoms with Crippen molar-refractivity contribution in [1.82, 2.24) is 5.32 Å². The molecule has 0 heterocycles. The average Bonchev–Trinajstić information content (AvgIpc) is 2.44. The molecule has 0 saturated heterocycles. The Balaban J connectivity index is 2.56. The van der Waals surface area contributed by atoms with Crippen molar-refractivity contribution < 1.29 is 13.9 Å². The van der Waals surface area contributed by atoms with Gasteiger partial charge in [-0.15, -0.1) is 0 Å². The molecule has 0 amide bonds. The number of nitrogens with one attached hydrogen (secondary N) is 1. The second kappa shape index (κ2) is 7.97. The summed E-state index contributed by atoms with van der Waals surface area (Å²) in [6, 6.07) is 1.45. The van der Waals surface area contributed by atoms with Crippen LogP contribution < -0.4 is 5.32 Å². The Morgan fingerprint density at radius 3 is 2.48 bits per heavy atom. The zero-order chi connectivity index (χ0) is 17.8. The molecule has 1 aromatic carbocycles. The Morgan fingerprint density at radius 1 is 1.35 bits per heavy atom. The van der Waals surface area contributed by atoms with Gasteiger partial charge in [0.25, 0.3) is 0 Å². The van der Waals surface area contributed by atoms with E-state index < -0.39 is 14.1 Å². The van der Waals surface area contributed by atoms with Crippen LogP contribution in [0.3, 0.4) is 0 Å². The lowest BCUT2D eigenvalue weighted by Crippen LogP contribution is -2.42. The van der Waals surface area contributed by atoms with Crippen LogP contribution in [0.1, 0.15) is 38.8 Å². The van der Waals surface area contributed by atoms with Crippen LogP contribution in [-0.2, 0) is 17.4 Å². The van der Waals surface area contributed by atoms with Gasteiger partial charge in [-0.25, -0.2) is 4.39 Å². The van der Waals surface area contributed by atoms with Gasteiger partial charge >= 0.3 is 0 Å². The maximum absolute atomic E-state index is 14.0. The third-order valence-corrected chi connectivity index (χ3v) is 9.52. The van der Waals surface area contributed by atoms with Crippen molar-refractivity contribution in [3.05, 3.63) is 28.0 Å². The molecule has 0 aliphatic carbocycles. The van der Waals surface area contributed by atoms with Gasteiger partial charge in [-0.05, 0) is 36.2 Å². The second-order valence-electron chi connectivity index (χ2n) is 7.30. The maximum Gasteiger partial charge on any atom is 0.192 e. The third kappa shape index (κ3) is 5.18. The minimum Gasteiger partial charge on any atom is -0.508 e. The lowest BCUT2D eigenvalue weighted by molar-refractivity contribution is 0.285. The first-order valence-electron chi connectivity index (χ1n) is 8.04. The minimum atomic E-state index is -1.75. The van der Waals surface area contributed by atoms with E-state index in [1.165, 1.54) is 6.07 Å². The topological polar surface area (TPSA) is 41.5 Å². The first-order valence-corrected chi connectivity index (χ1v) is 11.3. The first kappa shape index (κ1) is 20.4. The lowest BCUT2D eigenvalue weighted by Gasteiger charge is -2.36. The number of hydrogen-bond donors (Lipinski definition) is 2. The number of phenols is 1. The fourth-order valence-corrected chi connectivity index (χ4v) is 3.27. The van der Waals surface area contributed by atoms with Crippen LogP contribution in [0.5, 0.6) is 5.75 Å². The summed E-state index contributed by atoms with van der Waals surface area (Å²) in [6.45, 7) is 14.3. The summed E-state index contributed by atoms with van der Waals surface area (Å²) in [7, 11) is -1.75. The SMILES string of the molecule is CCc1cc(O)c(CNCCO[Si](C)(C)C(C)(C)C)c(Cl)c1F. The molecule has 0 atom stereocenters. The van der Waals surface area contributed by atoms with Crippen LogP contribution in [0.4, 0.5) is 4.39 Å². The summed E-state index contributed by atoms with van der Waals surface area (Å²) in [4.78, 5) is 0. The van der Waals surface area contributed by atoms with E-state index in [0.29, 0.717) is 37.2 Å². The minimum absolute atomic E-state index is 0.000310. The average molecular weight is 362 g/mol. The highest BCUT2D eigenvalue weighted by atomic mass is 35.5. The molecule has 0 radical (unpaired) electrons. The van der Waals surface area contributed by atoms with Crippen molar-refractivity contribution in [2.45, 2.75) is 58.8 Å². The molecule has 0 aliphatic rings. The smallest absolute Gasteiger partial charge is 0.192 e. The van der Waals surface area contributed by atoms with Gasteiger partial charge in [0.2, 0.25) is 0 Å². The van der Waals surface area contributed by atoms with Gasteiger partial charge in [0, 0.05) is 25.3 Å². The van der Waals surface area contributed by atoms with E-state index in [1.54, 1.807) is 0 Å². The normalized spacial score (nSPS) is 12.7. The van der Waals surface area contributed by atoms with Gasteiger partial charge in [-0.1, -0.05) is 39.3 Å². The molecule has 6 heteroatoms. The van der Waals surface area contributed by atoms with Crippen molar-refractivity contribution in [3.8, 4) is 5.75 Å². The molecular weight excluding hydrogens is 333 g/mol. The van der Waals surface area contributed by atoms with Gasteiger partial charge in [-0.2, -0.15) is 0 Å². The zero-order valence-corrected chi connectivity index (χ0v) is 16.8. The van der Waals surface area contributed by atoms with Crippen molar-refractivity contribution in [1.29, 1.82) is 0 Å². The predicted octanol–water partition coefficient (Wildman–Crippen LogP) is 4.86. The molecule has 0 aromatic heterocycles. The third-order valence-electron chi connectivity index (χ3n) is 4.59. The van der Waals surface area contributed by atoms with E-state index in [2.05, 4.69) is 39.2 Å². The summed E-state index contributed by atoms with van der Waals surface area (Å²) in [5, 5.41) is 13.3. The van der Waals surface area contributed by atoms with Gasteiger partial charge in [0.15, 0.2) is 8.32 Å². The monoisotopic (exact) mass is 361 g/mol. The maximum atomic E-state index is 14.0. The summed E-state index contributed by atoms with van der Waals surface area (Å²) < 4.78 is 20.1. The predicted molar refractivity (Wildman–Crippen MR) is 97.3 cm³/mol. The van der Waals surface area contributed by atoms with Crippen molar-refractivity contribution in [2.24, 2.45) is 0 Å². The van der Waals surface area contributed by atoms with Gasteiger partial charge < -0.3 is 14.8 Å². The fraction of sp³-hybridized carbons (Fsp3) is 0.647. The molecule has 3 nitrogen and oxygen atoms in total. The van der Waals surface area contributed by atoms with Crippen molar-refractivity contribution in [3.63, 3.8) is 0 Å². The summed E-state index contributed by atoms with van der Waals surface area (Å²) in [5.74, 6) is -0.410. The molecule has 0 bridgehead atoms. The number of benzene rings is 1. The Bertz CT molecular complexity index is 544. The standard InChI is InChI=1S/C17H29ClFNO2Si/c1-7-12-10-14(21)13(15(18)16(12)19)11-20-8-9-22-23(5,6)17(2,3)4/h10,20-21H,7-9,11H2,1-6H3. The molecule has 0 fully saturated rings. The Hall–Kier alpha value is -0.623. The number of rotatable bonds is 7. The molecule has 0 spiro atoms. The quantitative estimate of drug-likeness (QED) is 0.538. The Labute approximate surface area is 145 Å². The van der Waals surface area contributed by atoms with Crippen LogP contribution in [0.25, 0.3) is 0 Å². The van der Waals surface area contributed by atoms with E-state index in [4.69, 9.17) is 16.0 Å². The number of hydrogen-bond acceptors (Lipinski definition) is 3. The van der Waals surface area contributed by atoms with Crippen LogP contribution >= 0.6 is 11.6 Å². The first-order chi connectivity index (χ1) is 10.5. The van der Waals surface area contributed by atoms with Crippen LogP contribution in [-0.4, -0.2) is 26.6 Å². The van der Waals surface area contributed by atoms with Crippen LogP contribution in [0.15, 0.2) is 6.07 Å². The van der Waals surface area contributed by atoms with Gasteiger partial charge in [-0.3, -0.25) is 0 Å². The molecular formula is C17H29ClFNO2Si. The van der Waals surface area contributed by atoms with Gasteiger partial charge in [0.1, 0.15) is 11.6 Å². The summed E-state index contributed by atoms with van der Waals surface area (Å²) in [5.41, 5.74) is 0.825. The van der Waals surface area contributed by atoms with E-state index >= 15 is 0 Å².